The van der Waals surface area contributed by atoms with Gasteiger partial charge in [0, 0.05) is 18.8 Å². The highest BCUT2D eigenvalue weighted by molar-refractivity contribution is 5.97. The second-order valence-electron chi connectivity index (χ2n) is 4.72. The second-order valence-corrected chi connectivity index (χ2v) is 4.72. The van der Waals surface area contributed by atoms with Crippen molar-refractivity contribution in [3.8, 4) is 0 Å². The lowest BCUT2D eigenvalue weighted by molar-refractivity contribution is -0.140. The Morgan fingerprint density at radius 3 is 2.95 bits per heavy atom. The number of carbonyl (C=O) groups excluding carboxylic acids is 1. The predicted molar refractivity (Wildman–Crippen MR) is 71.7 cm³/mol. The molecule has 0 radical (unpaired) electrons. The van der Waals surface area contributed by atoms with Gasteiger partial charge in [-0.05, 0) is 19.1 Å². The van der Waals surface area contributed by atoms with Crippen LogP contribution in [0.4, 0.5) is 5.82 Å². The molecule has 7 heteroatoms. The SMILES string of the molecule is Cc1ccc(C(N)=O)c(N2CCOC(CC(=O)O)C2)n1. The van der Waals surface area contributed by atoms with E-state index >= 15 is 0 Å². The van der Waals surface area contributed by atoms with Gasteiger partial charge >= 0.3 is 5.97 Å². The summed E-state index contributed by atoms with van der Waals surface area (Å²) in [5.41, 5.74) is 6.46. The van der Waals surface area contributed by atoms with Crippen molar-refractivity contribution >= 4 is 17.7 Å². The van der Waals surface area contributed by atoms with E-state index in [1.54, 1.807) is 12.1 Å². The number of aryl methyl sites for hydroxylation is 1. The van der Waals surface area contributed by atoms with Crippen molar-refractivity contribution in [2.45, 2.75) is 19.4 Å². The van der Waals surface area contributed by atoms with Crippen molar-refractivity contribution in [1.82, 2.24) is 4.98 Å². The van der Waals surface area contributed by atoms with Gasteiger partial charge in [-0.15, -0.1) is 0 Å². The lowest BCUT2D eigenvalue weighted by atomic mass is 10.1. The molecule has 1 aromatic rings. The van der Waals surface area contributed by atoms with E-state index in [1.165, 1.54) is 0 Å². The van der Waals surface area contributed by atoms with Crippen LogP contribution in [-0.2, 0) is 9.53 Å². The maximum Gasteiger partial charge on any atom is 0.306 e. The molecule has 0 aromatic carbocycles. The molecule has 1 aromatic heterocycles. The number of ether oxygens (including phenoxy) is 1. The number of carboxylic acid groups (broad SMARTS) is 1. The number of nitrogens with two attached hydrogens (primary N) is 1. The minimum absolute atomic E-state index is 0.0752. The highest BCUT2D eigenvalue weighted by Crippen LogP contribution is 2.21. The van der Waals surface area contributed by atoms with Crippen molar-refractivity contribution in [1.29, 1.82) is 0 Å². The molecular formula is C13H17N3O4. The molecular weight excluding hydrogens is 262 g/mol. The number of primary amides is 1. The van der Waals surface area contributed by atoms with Gasteiger partial charge in [0.2, 0.25) is 0 Å². The number of hydrogen-bond acceptors (Lipinski definition) is 5. The summed E-state index contributed by atoms with van der Waals surface area (Å²) in [6.45, 7) is 3.14. The van der Waals surface area contributed by atoms with Crippen molar-refractivity contribution < 1.29 is 19.4 Å². The van der Waals surface area contributed by atoms with Crippen LogP contribution in [0, 0.1) is 6.92 Å². The Bertz CT molecular complexity index is 532. The molecule has 1 saturated heterocycles. The average molecular weight is 279 g/mol. The number of amides is 1. The fraction of sp³-hybridized carbons (Fsp3) is 0.462. The first-order valence-electron chi connectivity index (χ1n) is 6.33. The van der Waals surface area contributed by atoms with E-state index in [0.717, 1.165) is 5.69 Å². The number of pyridine rings is 1. The van der Waals surface area contributed by atoms with Gasteiger partial charge in [-0.25, -0.2) is 4.98 Å². The number of aromatic nitrogens is 1. The van der Waals surface area contributed by atoms with Crippen LogP contribution in [0.1, 0.15) is 22.5 Å². The van der Waals surface area contributed by atoms with Gasteiger partial charge in [-0.1, -0.05) is 0 Å². The Hall–Kier alpha value is -2.15. The van der Waals surface area contributed by atoms with E-state index in [9.17, 15) is 9.59 Å². The van der Waals surface area contributed by atoms with Crippen LogP contribution in [0.3, 0.4) is 0 Å². The molecule has 2 rings (SSSR count). The summed E-state index contributed by atoms with van der Waals surface area (Å²) in [5, 5.41) is 8.82. The van der Waals surface area contributed by atoms with Crippen LogP contribution < -0.4 is 10.6 Å². The number of carbonyl (C=O) groups is 2. The minimum Gasteiger partial charge on any atom is -0.481 e. The number of rotatable bonds is 4. The first kappa shape index (κ1) is 14.3. The summed E-state index contributed by atoms with van der Waals surface area (Å²) in [6, 6.07) is 3.36. The predicted octanol–water partition coefficient (Wildman–Crippen LogP) is 0.169. The molecule has 1 fully saturated rings. The Morgan fingerprint density at radius 1 is 1.55 bits per heavy atom. The van der Waals surface area contributed by atoms with Gasteiger partial charge in [0.25, 0.3) is 5.91 Å². The summed E-state index contributed by atoms with van der Waals surface area (Å²) < 4.78 is 5.40. The lowest BCUT2D eigenvalue weighted by Crippen LogP contribution is -2.44. The first-order valence-corrected chi connectivity index (χ1v) is 6.33. The molecule has 1 unspecified atom stereocenters. The van der Waals surface area contributed by atoms with Crippen LogP contribution in [0.15, 0.2) is 12.1 Å². The van der Waals surface area contributed by atoms with Gasteiger partial charge < -0.3 is 20.5 Å². The van der Waals surface area contributed by atoms with Crippen LogP contribution >= 0.6 is 0 Å². The zero-order valence-corrected chi connectivity index (χ0v) is 11.2. The van der Waals surface area contributed by atoms with Gasteiger partial charge in [-0.3, -0.25) is 9.59 Å². The topological polar surface area (TPSA) is 106 Å². The molecule has 1 atom stereocenters. The van der Waals surface area contributed by atoms with Crippen molar-refractivity contribution in [3.63, 3.8) is 0 Å². The average Bonchev–Trinajstić information content (AvgIpc) is 2.37. The Kier molecular flexibility index (Phi) is 4.19. The Labute approximate surface area is 116 Å². The number of anilines is 1. The molecule has 1 amide bonds. The third-order valence-electron chi connectivity index (χ3n) is 3.12. The highest BCUT2D eigenvalue weighted by atomic mass is 16.5. The zero-order chi connectivity index (χ0) is 14.7. The second kappa shape index (κ2) is 5.87. The molecule has 1 aliphatic rings. The fourth-order valence-electron chi connectivity index (χ4n) is 2.21. The monoisotopic (exact) mass is 279 g/mol. The van der Waals surface area contributed by atoms with E-state index in [0.29, 0.717) is 31.1 Å². The van der Waals surface area contributed by atoms with Crippen LogP contribution in [0.2, 0.25) is 0 Å². The quantitative estimate of drug-likeness (QED) is 0.813. The van der Waals surface area contributed by atoms with Crippen LogP contribution in [0.25, 0.3) is 0 Å². The van der Waals surface area contributed by atoms with E-state index < -0.39 is 18.0 Å². The molecule has 0 spiro atoms. The normalized spacial score (nSPS) is 18.9. The summed E-state index contributed by atoms with van der Waals surface area (Å²) >= 11 is 0. The minimum atomic E-state index is -0.913. The van der Waals surface area contributed by atoms with Crippen molar-refractivity contribution in [2.75, 3.05) is 24.6 Å². The molecule has 0 saturated carbocycles. The summed E-state index contributed by atoms with van der Waals surface area (Å²) in [7, 11) is 0. The van der Waals surface area contributed by atoms with Gasteiger partial charge in [-0.2, -0.15) is 0 Å². The van der Waals surface area contributed by atoms with Crippen molar-refractivity contribution in [2.24, 2.45) is 5.73 Å². The van der Waals surface area contributed by atoms with Crippen LogP contribution in [0.5, 0.6) is 0 Å². The molecule has 7 nitrogen and oxygen atoms in total. The summed E-state index contributed by atoms with van der Waals surface area (Å²) in [4.78, 5) is 28.4. The molecule has 1 aliphatic heterocycles. The third-order valence-corrected chi connectivity index (χ3v) is 3.12. The number of aliphatic carboxylic acids is 1. The molecule has 0 aliphatic carbocycles. The van der Waals surface area contributed by atoms with Gasteiger partial charge in [0.15, 0.2) is 0 Å². The fourth-order valence-corrected chi connectivity index (χ4v) is 2.21. The Morgan fingerprint density at radius 2 is 2.30 bits per heavy atom. The highest BCUT2D eigenvalue weighted by Gasteiger charge is 2.26. The molecule has 2 heterocycles. The van der Waals surface area contributed by atoms with Crippen LogP contribution in [-0.4, -0.2) is 47.8 Å². The van der Waals surface area contributed by atoms with Gasteiger partial charge in [0.1, 0.15) is 5.82 Å². The number of morpholine rings is 1. The smallest absolute Gasteiger partial charge is 0.306 e. The van der Waals surface area contributed by atoms with Crippen molar-refractivity contribution in [3.05, 3.63) is 23.4 Å². The zero-order valence-electron chi connectivity index (χ0n) is 11.2. The largest absolute Gasteiger partial charge is 0.481 e. The van der Waals surface area contributed by atoms with Gasteiger partial charge in [0.05, 0.1) is 24.7 Å². The number of nitrogens with zero attached hydrogens (tertiary/aromatic N) is 2. The third kappa shape index (κ3) is 3.24. The standard InChI is InChI=1S/C13H17N3O4/c1-8-2-3-10(12(14)19)13(15-8)16-4-5-20-9(7-16)6-11(17)18/h2-3,9H,4-7H2,1H3,(H2,14,19)(H,17,18). The Balaban J connectivity index is 2.24. The number of hydrogen-bond donors (Lipinski definition) is 2. The maximum atomic E-state index is 11.5. The van der Waals surface area contributed by atoms with E-state index in [-0.39, 0.29) is 6.42 Å². The van der Waals surface area contributed by atoms with E-state index in [4.69, 9.17) is 15.6 Å². The number of carboxylic acids is 1. The lowest BCUT2D eigenvalue weighted by Gasteiger charge is -2.34. The van der Waals surface area contributed by atoms with E-state index in [1.807, 2.05) is 11.8 Å². The van der Waals surface area contributed by atoms with E-state index in [2.05, 4.69) is 4.98 Å². The molecule has 3 N–H and O–H groups in total. The summed E-state index contributed by atoms with van der Waals surface area (Å²) in [5.74, 6) is -0.964. The molecule has 108 valence electrons. The summed E-state index contributed by atoms with van der Waals surface area (Å²) in [6.07, 6.45) is -0.488. The first-order chi connectivity index (χ1) is 9.47. The molecule has 20 heavy (non-hydrogen) atoms. The molecule has 0 bridgehead atoms. The maximum absolute atomic E-state index is 11.5.